The standard InChI is InChI=1S/C18H26N2O3/c1-11(2)13-8-6-7-12(3)16(13)20-18(23)17(22)19-14-9-4-5-10-15(14)21/h6-8,11,14-15,21H,4-5,9-10H2,1-3H3,(H,19,22)(H,20,23). The molecule has 0 aliphatic heterocycles. The third-order valence-corrected chi connectivity index (χ3v) is 4.42. The smallest absolute Gasteiger partial charge is 0.313 e. The van der Waals surface area contributed by atoms with Gasteiger partial charge in [0.25, 0.3) is 0 Å². The molecule has 1 fully saturated rings. The normalized spacial score (nSPS) is 21.1. The molecule has 5 nitrogen and oxygen atoms in total. The van der Waals surface area contributed by atoms with E-state index in [2.05, 4.69) is 10.6 Å². The van der Waals surface area contributed by atoms with Gasteiger partial charge in [0.1, 0.15) is 0 Å². The highest BCUT2D eigenvalue weighted by atomic mass is 16.3. The molecule has 1 aromatic carbocycles. The lowest BCUT2D eigenvalue weighted by Gasteiger charge is -2.28. The Morgan fingerprint density at radius 2 is 1.87 bits per heavy atom. The van der Waals surface area contributed by atoms with Crippen LogP contribution < -0.4 is 10.6 Å². The Bertz CT molecular complexity index is 584. The Labute approximate surface area is 137 Å². The summed E-state index contributed by atoms with van der Waals surface area (Å²) in [5.74, 6) is -1.12. The van der Waals surface area contributed by atoms with E-state index in [1.54, 1.807) is 0 Å². The van der Waals surface area contributed by atoms with E-state index in [1.165, 1.54) is 0 Å². The Hall–Kier alpha value is -1.88. The average molecular weight is 318 g/mol. The maximum absolute atomic E-state index is 12.2. The fraction of sp³-hybridized carbons (Fsp3) is 0.556. The van der Waals surface area contributed by atoms with Gasteiger partial charge in [-0.2, -0.15) is 0 Å². The van der Waals surface area contributed by atoms with E-state index in [1.807, 2.05) is 39.0 Å². The van der Waals surface area contributed by atoms with Crippen molar-refractivity contribution in [1.82, 2.24) is 5.32 Å². The molecule has 126 valence electrons. The number of anilines is 1. The van der Waals surface area contributed by atoms with Gasteiger partial charge in [-0.25, -0.2) is 0 Å². The molecule has 2 unspecified atom stereocenters. The molecule has 0 saturated heterocycles. The van der Waals surface area contributed by atoms with Gasteiger partial charge in [-0.1, -0.05) is 44.9 Å². The summed E-state index contributed by atoms with van der Waals surface area (Å²) in [4.78, 5) is 24.3. The zero-order valence-electron chi connectivity index (χ0n) is 14.1. The summed E-state index contributed by atoms with van der Waals surface area (Å²) in [7, 11) is 0. The van der Waals surface area contributed by atoms with Crippen molar-refractivity contribution in [2.45, 2.75) is 64.5 Å². The van der Waals surface area contributed by atoms with E-state index in [4.69, 9.17) is 0 Å². The molecule has 2 amide bonds. The number of nitrogens with one attached hydrogen (secondary N) is 2. The molecule has 2 atom stereocenters. The molecule has 0 heterocycles. The summed E-state index contributed by atoms with van der Waals surface area (Å²) >= 11 is 0. The highest BCUT2D eigenvalue weighted by Gasteiger charge is 2.27. The van der Waals surface area contributed by atoms with Crippen molar-refractivity contribution in [1.29, 1.82) is 0 Å². The van der Waals surface area contributed by atoms with Gasteiger partial charge in [0.2, 0.25) is 0 Å². The first-order valence-corrected chi connectivity index (χ1v) is 8.29. The number of aliphatic hydroxyl groups excluding tert-OH is 1. The maximum atomic E-state index is 12.2. The molecule has 3 N–H and O–H groups in total. The van der Waals surface area contributed by atoms with Crippen LogP contribution in [0.2, 0.25) is 0 Å². The zero-order valence-corrected chi connectivity index (χ0v) is 14.1. The SMILES string of the molecule is Cc1cccc(C(C)C)c1NC(=O)C(=O)NC1CCCCC1O. The van der Waals surface area contributed by atoms with Crippen LogP contribution in [0.1, 0.15) is 56.6 Å². The molecule has 2 rings (SSSR count). The molecule has 0 spiro atoms. The third-order valence-electron chi connectivity index (χ3n) is 4.42. The van der Waals surface area contributed by atoms with Crippen molar-refractivity contribution < 1.29 is 14.7 Å². The number of amides is 2. The molecule has 0 aromatic heterocycles. The van der Waals surface area contributed by atoms with Gasteiger partial charge in [-0.15, -0.1) is 0 Å². The topological polar surface area (TPSA) is 78.4 Å². The molecule has 1 aliphatic carbocycles. The lowest BCUT2D eigenvalue weighted by Crippen LogP contribution is -2.48. The van der Waals surface area contributed by atoms with Crippen molar-refractivity contribution in [2.75, 3.05) is 5.32 Å². The molecule has 1 saturated carbocycles. The monoisotopic (exact) mass is 318 g/mol. The van der Waals surface area contributed by atoms with Gasteiger partial charge in [0.15, 0.2) is 0 Å². The van der Waals surface area contributed by atoms with Crippen LogP contribution in [0.25, 0.3) is 0 Å². The summed E-state index contributed by atoms with van der Waals surface area (Å²) in [6.07, 6.45) is 2.73. The first kappa shape index (κ1) is 17.5. The molecule has 0 bridgehead atoms. The zero-order chi connectivity index (χ0) is 17.0. The molecular formula is C18H26N2O3. The number of carbonyl (C=O) groups excluding carboxylic acids is 2. The van der Waals surface area contributed by atoms with Crippen LogP contribution in [0.5, 0.6) is 0 Å². The maximum Gasteiger partial charge on any atom is 0.313 e. The van der Waals surface area contributed by atoms with E-state index in [9.17, 15) is 14.7 Å². The van der Waals surface area contributed by atoms with Crippen molar-refractivity contribution >= 4 is 17.5 Å². The van der Waals surface area contributed by atoms with Crippen LogP contribution in [0.4, 0.5) is 5.69 Å². The number of benzene rings is 1. The number of rotatable bonds is 3. The minimum absolute atomic E-state index is 0.244. The van der Waals surface area contributed by atoms with Crippen molar-refractivity contribution in [2.24, 2.45) is 0 Å². The molecule has 0 radical (unpaired) electrons. The summed E-state index contributed by atoms with van der Waals surface area (Å²) in [6.45, 7) is 6.00. The molecule has 5 heteroatoms. The summed E-state index contributed by atoms with van der Waals surface area (Å²) in [5, 5.41) is 15.3. The van der Waals surface area contributed by atoms with E-state index in [-0.39, 0.29) is 12.0 Å². The van der Waals surface area contributed by atoms with Gasteiger partial charge in [0, 0.05) is 5.69 Å². The lowest BCUT2D eigenvalue weighted by atomic mass is 9.92. The van der Waals surface area contributed by atoms with Crippen molar-refractivity contribution in [3.05, 3.63) is 29.3 Å². The molecule has 23 heavy (non-hydrogen) atoms. The van der Waals surface area contributed by atoms with Crippen molar-refractivity contribution in [3.63, 3.8) is 0 Å². The molecule has 1 aromatic rings. The second-order valence-electron chi connectivity index (χ2n) is 6.58. The predicted molar refractivity (Wildman–Crippen MR) is 90.3 cm³/mol. The largest absolute Gasteiger partial charge is 0.391 e. The second-order valence-corrected chi connectivity index (χ2v) is 6.58. The van der Waals surface area contributed by atoms with Crippen molar-refractivity contribution in [3.8, 4) is 0 Å². The first-order valence-electron chi connectivity index (χ1n) is 8.29. The van der Waals surface area contributed by atoms with Crippen LogP contribution in [0.3, 0.4) is 0 Å². The van der Waals surface area contributed by atoms with Gasteiger partial charge in [-0.3, -0.25) is 9.59 Å². The molecule has 1 aliphatic rings. The second kappa shape index (κ2) is 7.59. The number of aryl methyl sites for hydroxylation is 1. The van der Waals surface area contributed by atoms with Gasteiger partial charge in [0.05, 0.1) is 12.1 Å². The van der Waals surface area contributed by atoms with E-state index < -0.39 is 17.9 Å². The first-order chi connectivity index (χ1) is 10.9. The van der Waals surface area contributed by atoms with Gasteiger partial charge < -0.3 is 15.7 Å². The van der Waals surface area contributed by atoms with Crippen LogP contribution in [-0.2, 0) is 9.59 Å². The van der Waals surface area contributed by atoms with Crippen LogP contribution in [-0.4, -0.2) is 29.1 Å². The van der Waals surface area contributed by atoms with Crippen LogP contribution in [0, 0.1) is 6.92 Å². The van der Waals surface area contributed by atoms with Crippen LogP contribution >= 0.6 is 0 Å². The minimum Gasteiger partial charge on any atom is -0.391 e. The average Bonchev–Trinajstić information content (AvgIpc) is 2.51. The fourth-order valence-corrected chi connectivity index (χ4v) is 3.03. The van der Waals surface area contributed by atoms with E-state index in [0.29, 0.717) is 18.5 Å². The molecular weight excluding hydrogens is 292 g/mol. The van der Waals surface area contributed by atoms with Crippen LogP contribution in [0.15, 0.2) is 18.2 Å². The number of hydrogen-bond acceptors (Lipinski definition) is 3. The van der Waals surface area contributed by atoms with Gasteiger partial charge in [-0.05, 0) is 36.8 Å². The summed E-state index contributed by atoms with van der Waals surface area (Å²) in [6, 6.07) is 5.47. The quantitative estimate of drug-likeness (QED) is 0.749. The number of carbonyl (C=O) groups is 2. The Morgan fingerprint density at radius 1 is 1.17 bits per heavy atom. The summed E-state index contributed by atoms with van der Waals surface area (Å²) in [5.41, 5.74) is 2.63. The third kappa shape index (κ3) is 4.32. The van der Waals surface area contributed by atoms with Gasteiger partial charge >= 0.3 is 11.8 Å². The Morgan fingerprint density at radius 3 is 2.52 bits per heavy atom. The number of hydrogen-bond donors (Lipinski definition) is 3. The minimum atomic E-state index is -0.686. The lowest BCUT2D eigenvalue weighted by molar-refractivity contribution is -0.137. The fourth-order valence-electron chi connectivity index (χ4n) is 3.03. The highest BCUT2D eigenvalue weighted by Crippen LogP contribution is 2.27. The Kier molecular flexibility index (Phi) is 5.77. The predicted octanol–water partition coefficient (Wildman–Crippen LogP) is 2.48. The number of para-hydroxylation sites is 1. The number of aliphatic hydroxyl groups is 1. The Balaban J connectivity index is 2.05. The van der Waals surface area contributed by atoms with E-state index in [0.717, 1.165) is 24.0 Å². The van der Waals surface area contributed by atoms with E-state index >= 15 is 0 Å². The highest BCUT2D eigenvalue weighted by molar-refractivity contribution is 6.39. The summed E-state index contributed by atoms with van der Waals surface area (Å²) < 4.78 is 0.